The SMILES string of the molecule is CC(C)(C)c1nc(NC(=O)CCCl)sc1Cc1ccc2c(c1)OCO2. The molecule has 0 spiro atoms. The number of nitrogens with one attached hydrogen (secondary N) is 1. The Bertz CT molecular complexity index is 783. The maximum atomic E-state index is 11.8. The molecule has 2 aromatic rings. The van der Waals surface area contributed by atoms with Crippen molar-refractivity contribution in [1.82, 2.24) is 4.98 Å². The van der Waals surface area contributed by atoms with E-state index in [2.05, 4.69) is 31.1 Å². The average molecular weight is 381 g/mol. The third-order valence-electron chi connectivity index (χ3n) is 3.78. The predicted molar refractivity (Wildman–Crippen MR) is 100 cm³/mol. The highest BCUT2D eigenvalue weighted by Crippen LogP contribution is 2.36. The third kappa shape index (κ3) is 4.25. The Labute approximate surface area is 156 Å². The number of hydrogen-bond donors (Lipinski definition) is 1. The van der Waals surface area contributed by atoms with E-state index in [9.17, 15) is 4.79 Å². The summed E-state index contributed by atoms with van der Waals surface area (Å²) in [5.74, 6) is 1.74. The van der Waals surface area contributed by atoms with E-state index in [1.54, 1.807) is 0 Å². The molecule has 0 aliphatic carbocycles. The monoisotopic (exact) mass is 380 g/mol. The number of anilines is 1. The van der Waals surface area contributed by atoms with Gasteiger partial charge in [0.15, 0.2) is 16.6 Å². The van der Waals surface area contributed by atoms with Crippen LogP contribution in [0.2, 0.25) is 0 Å². The second kappa shape index (κ2) is 7.22. The van der Waals surface area contributed by atoms with Crippen molar-refractivity contribution >= 4 is 34.0 Å². The molecular formula is C18H21ClN2O3S. The van der Waals surface area contributed by atoms with Crippen LogP contribution in [0.15, 0.2) is 18.2 Å². The van der Waals surface area contributed by atoms with Crippen molar-refractivity contribution in [3.8, 4) is 11.5 Å². The minimum atomic E-state index is -0.113. The van der Waals surface area contributed by atoms with Crippen LogP contribution in [-0.4, -0.2) is 23.6 Å². The first-order valence-corrected chi connectivity index (χ1v) is 9.46. The lowest BCUT2D eigenvalue weighted by molar-refractivity contribution is -0.115. The first-order valence-electron chi connectivity index (χ1n) is 8.11. The summed E-state index contributed by atoms with van der Waals surface area (Å²) in [5.41, 5.74) is 2.01. The first kappa shape index (κ1) is 18.0. The molecule has 1 aromatic carbocycles. The molecule has 1 aromatic heterocycles. The number of ether oxygens (including phenoxy) is 2. The van der Waals surface area contributed by atoms with E-state index in [-0.39, 0.29) is 24.5 Å². The van der Waals surface area contributed by atoms with Crippen LogP contribution in [0, 0.1) is 0 Å². The molecule has 0 radical (unpaired) electrons. The second-order valence-electron chi connectivity index (χ2n) is 6.89. The minimum Gasteiger partial charge on any atom is -0.454 e. The number of alkyl halides is 1. The number of amides is 1. The summed E-state index contributed by atoms with van der Waals surface area (Å²) >= 11 is 7.14. The van der Waals surface area contributed by atoms with Gasteiger partial charge in [-0.1, -0.05) is 26.8 Å². The van der Waals surface area contributed by atoms with Crippen molar-refractivity contribution in [1.29, 1.82) is 0 Å². The zero-order chi connectivity index (χ0) is 18.0. The first-order chi connectivity index (χ1) is 11.9. The van der Waals surface area contributed by atoms with Crippen LogP contribution in [0.1, 0.15) is 43.3 Å². The van der Waals surface area contributed by atoms with E-state index in [0.29, 0.717) is 11.0 Å². The van der Waals surface area contributed by atoms with E-state index in [0.717, 1.165) is 34.1 Å². The molecule has 1 N–H and O–H groups in total. The van der Waals surface area contributed by atoms with Gasteiger partial charge in [-0.05, 0) is 17.7 Å². The van der Waals surface area contributed by atoms with Crippen LogP contribution in [0.4, 0.5) is 5.13 Å². The van der Waals surface area contributed by atoms with Gasteiger partial charge in [-0.2, -0.15) is 0 Å². The van der Waals surface area contributed by atoms with Crippen LogP contribution in [0.5, 0.6) is 11.5 Å². The van der Waals surface area contributed by atoms with E-state index >= 15 is 0 Å². The van der Waals surface area contributed by atoms with Crippen LogP contribution >= 0.6 is 22.9 Å². The minimum absolute atomic E-state index is 0.112. The molecule has 0 saturated carbocycles. The van der Waals surface area contributed by atoms with Gasteiger partial charge < -0.3 is 14.8 Å². The van der Waals surface area contributed by atoms with Crippen LogP contribution < -0.4 is 14.8 Å². The van der Waals surface area contributed by atoms with Crippen molar-refractivity contribution in [2.45, 2.75) is 39.0 Å². The smallest absolute Gasteiger partial charge is 0.231 e. The van der Waals surface area contributed by atoms with Gasteiger partial charge in [-0.15, -0.1) is 22.9 Å². The summed E-state index contributed by atoms with van der Waals surface area (Å²) in [7, 11) is 0. The van der Waals surface area contributed by atoms with Gasteiger partial charge in [-0.25, -0.2) is 4.98 Å². The van der Waals surface area contributed by atoms with Gasteiger partial charge in [0.2, 0.25) is 12.7 Å². The van der Waals surface area contributed by atoms with Crippen molar-refractivity contribution in [3.05, 3.63) is 34.3 Å². The van der Waals surface area contributed by atoms with Gasteiger partial charge in [0.1, 0.15) is 0 Å². The molecule has 3 rings (SSSR count). The Balaban J connectivity index is 1.86. The largest absolute Gasteiger partial charge is 0.454 e. The molecule has 0 atom stereocenters. The molecule has 0 unspecified atom stereocenters. The summed E-state index contributed by atoms with van der Waals surface area (Å²) in [5, 5.41) is 3.46. The third-order valence-corrected chi connectivity index (χ3v) is 4.94. The van der Waals surface area contributed by atoms with Crippen LogP contribution in [0.3, 0.4) is 0 Å². The number of rotatable bonds is 5. The number of carbonyl (C=O) groups is 1. The van der Waals surface area contributed by atoms with Gasteiger partial charge >= 0.3 is 0 Å². The van der Waals surface area contributed by atoms with E-state index in [1.807, 2.05) is 18.2 Å². The molecule has 1 aliphatic heterocycles. The fraction of sp³-hybridized carbons (Fsp3) is 0.444. The summed E-state index contributed by atoms with van der Waals surface area (Å²) in [4.78, 5) is 17.6. The predicted octanol–water partition coefficient (Wildman–Crippen LogP) is 4.33. The number of fused-ring (bicyclic) bond motifs is 1. The van der Waals surface area contributed by atoms with Gasteiger partial charge in [0.05, 0.1) is 5.69 Å². The topological polar surface area (TPSA) is 60.5 Å². The van der Waals surface area contributed by atoms with Crippen molar-refractivity contribution in [2.75, 3.05) is 18.0 Å². The molecule has 0 fully saturated rings. The van der Waals surface area contributed by atoms with Gasteiger partial charge in [-0.3, -0.25) is 4.79 Å². The molecule has 0 bridgehead atoms. The van der Waals surface area contributed by atoms with E-state index < -0.39 is 0 Å². The number of halogens is 1. The maximum Gasteiger partial charge on any atom is 0.231 e. The lowest BCUT2D eigenvalue weighted by Crippen LogP contribution is -2.15. The number of nitrogens with zero attached hydrogens (tertiary/aromatic N) is 1. The molecule has 2 heterocycles. The molecule has 5 nitrogen and oxygen atoms in total. The highest BCUT2D eigenvalue weighted by Gasteiger charge is 2.24. The van der Waals surface area contributed by atoms with E-state index in [4.69, 9.17) is 21.1 Å². The molecule has 7 heteroatoms. The quantitative estimate of drug-likeness (QED) is 0.784. The molecule has 134 valence electrons. The number of aromatic nitrogens is 1. The molecule has 0 saturated heterocycles. The van der Waals surface area contributed by atoms with Crippen molar-refractivity contribution < 1.29 is 14.3 Å². The lowest BCUT2D eigenvalue weighted by Gasteiger charge is -2.17. The number of benzene rings is 1. The van der Waals surface area contributed by atoms with Gasteiger partial charge in [0, 0.05) is 29.0 Å². The lowest BCUT2D eigenvalue weighted by atomic mass is 9.90. The zero-order valence-electron chi connectivity index (χ0n) is 14.5. The highest BCUT2D eigenvalue weighted by atomic mass is 35.5. The zero-order valence-corrected chi connectivity index (χ0v) is 16.1. The van der Waals surface area contributed by atoms with Gasteiger partial charge in [0.25, 0.3) is 0 Å². The molecular weight excluding hydrogens is 360 g/mol. The molecule has 1 aliphatic rings. The fourth-order valence-electron chi connectivity index (χ4n) is 2.61. The number of thiazole rings is 1. The highest BCUT2D eigenvalue weighted by molar-refractivity contribution is 7.15. The number of carbonyl (C=O) groups excluding carboxylic acids is 1. The number of hydrogen-bond acceptors (Lipinski definition) is 5. The Morgan fingerprint density at radius 2 is 2.08 bits per heavy atom. The van der Waals surface area contributed by atoms with Crippen LogP contribution in [-0.2, 0) is 16.6 Å². The fourth-order valence-corrected chi connectivity index (χ4v) is 4.01. The molecule has 25 heavy (non-hydrogen) atoms. The maximum absolute atomic E-state index is 11.8. The second-order valence-corrected chi connectivity index (χ2v) is 8.35. The van der Waals surface area contributed by atoms with Crippen molar-refractivity contribution in [3.63, 3.8) is 0 Å². The molecule has 1 amide bonds. The normalized spacial score (nSPS) is 13.1. The van der Waals surface area contributed by atoms with E-state index in [1.165, 1.54) is 11.3 Å². The standard InChI is InChI=1S/C18H21ClN2O3S/c1-18(2,3)16-14(25-17(21-16)20-15(22)6-7-19)9-11-4-5-12-13(8-11)24-10-23-12/h4-5,8H,6-7,9-10H2,1-3H3,(H,20,21,22). The van der Waals surface area contributed by atoms with Crippen LogP contribution in [0.25, 0.3) is 0 Å². The Morgan fingerprint density at radius 3 is 2.80 bits per heavy atom. The summed E-state index contributed by atoms with van der Waals surface area (Å²) in [6.45, 7) is 6.63. The summed E-state index contributed by atoms with van der Waals surface area (Å²) < 4.78 is 10.8. The Morgan fingerprint density at radius 1 is 1.32 bits per heavy atom. The average Bonchev–Trinajstić information content (AvgIpc) is 3.13. The Kier molecular flexibility index (Phi) is 5.20. The summed E-state index contributed by atoms with van der Waals surface area (Å²) in [6, 6.07) is 5.96. The van der Waals surface area contributed by atoms with Crippen molar-refractivity contribution in [2.24, 2.45) is 0 Å². The summed E-state index contributed by atoms with van der Waals surface area (Å²) in [6.07, 6.45) is 1.01. The Hall–Kier alpha value is -1.79.